The molecule has 2 aromatic rings. The van der Waals surface area contributed by atoms with E-state index in [9.17, 15) is 0 Å². The second-order valence-corrected chi connectivity index (χ2v) is 4.60. The molecule has 1 aromatic heterocycles. The minimum Gasteiger partial charge on any atom is -0.354 e. The van der Waals surface area contributed by atoms with Crippen LogP contribution < -0.4 is 10.2 Å². The largest absolute Gasteiger partial charge is 0.354 e. The van der Waals surface area contributed by atoms with Gasteiger partial charge in [-0.05, 0) is 31.5 Å². The molecular weight excluding hydrogens is 248 g/mol. The maximum absolute atomic E-state index is 4.60. The molecule has 0 saturated carbocycles. The minimum atomic E-state index is 0.699. The van der Waals surface area contributed by atoms with E-state index in [1.54, 1.807) is 0 Å². The first-order valence-electron chi connectivity index (χ1n) is 7.24. The molecule has 4 heteroatoms. The van der Waals surface area contributed by atoms with Gasteiger partial charge in [-0.2, -0.15) is 4.98 Å². The summed E-state index contributed by atoms with van der Waals surface area (Å²) in [5.74, 6) is 1.62. The Morgan fingerprint density at radius 2 is 1.90 bits per heavy atom. The van der Waals surface area contributed by atoms with Gasteiger partial charge < -0.3 is 10.2 Å². The van der Waals surface area contributed by atoms with Crippen molar-refractivity contribution in [1.82, 2.24) is 9.97 Å². The van der Waals surface area contributed by atoms with Gasteiger partial charge in [0.25, 0.3) is 0 Å². The summed E-state index contributed by atoms with van der Waals surface area (Å²) in [6.45, 7) is 6.08. The topological polar surface area (TPSA) is 41.1 Å². The van der Waals surface area contributed by atoms with Crippen LogP contribution in [-0.2, 0) is 0 Å². The lowest BCUT2D eigenvalue weighted by Gasteiger charge is -2.22. The number of unbranched alkanes of at least 4 members (excludes halogenated alkanes) is 1. The Hall–Kier alpha value is -2.10. The third kappa shape index (κ3) is 3.70. The van der Waals surface area contributed by atoms with E-state index in [1.165, 1.54) is 0 Å². The summed E-state index contributed by atoms with van der Waals surface area (Å²) in [5, 5.41) is 3.27. The molecule has 0 spiro atoms. The van der Waals surface area contributed by atoms with Crippen LogP contribution in [0.3, 0.4) is 0 Å². The van der Waals surface area contributed by atoms with E-state index >= 15 is 0 Å². The molecule has 0 aliphatic heterocycles. The third-order valence-corrected chi connectivity index (χ3v) is 3.11. The highest BCUT2D eigenvalue weighted by Gasteiger charge is 2.09. The van der Waals surface area contributed by atoms with E-state index < -0.39 is 0 Å². The average Bonchev–Trinajstić information content (AvgIpc) is 2.50. The summed E-state index contributed by atoms with van der Waals surface area (Å²) in [6, 6.07) is 12.2. The smallest absolute Gasteiger partial charge is 0.224 e. The molecular formula is C16H22N4. The Labute approximate surface area is 120 Å². The summed E-state index contributed by atoms with van der Waals surface area (Å²) < 4.78 is 0. The van der Waals surface area contributed by atoms with Crippen LogP contribution in [0.15, 0.2) is 42.6 Å². The van der Waals surface area contributed by atoms with Crippen LogP contribution in [0, 0.1) is 0 Å². The van der Waals surface area contributed by atoms with E-state index in [-0.39, 0.29) is 0 Å². The molecule has 0 unspecified atom stereocenters. The van der Waals surface area contributed by atoms with Gasteiger partial charge >= 0.3 is 0 Å². The highest BCUT2D eigenvalue weighted by atomic mass is 15.2. The Kier molecular flexibility index (Phi) is 5.35. The fourth-order valence-electron chi connectivity index (χ4n) is 2.05. The van der Waals surface area contributed by atoms with Crippen molar-refractivity contribution in [3.8, 4) is 0 Å². The van der Waals surface area contributed by atoms with Gasteiger partial charge in [0.2, 0.25) is 5.95 Å². The predicted molar refractivity (Wildman–Crippen MR) is 84.6 cm³/mol. The fourth-order valence-corrected chi connectivity index (χ4v) is 2.05. The first-order chi connectivity index (χ1) is 9.85. The predicted octanol–water partition coefficient (Wildman–Crippen LogP) is 3.85. The summed E-state index contributed by atoms with van der Waals surface area (Å²) in [6.07, 6.45) is 4.10. The number of aromatic nitrogens is 2. The molecule has 0 radical (unpaired) electrons. The fraction of sp³-hybridized carbons (Fsp3) is 0.375. The summed E-state index contributed by atoms with van der Waals surface area (Å²) in [4.78, 5) is 11.0. The number of nitrogens with zero attached hydrogens (tertiary/aromatic N) is 3. The lowest BCUT2D eigenvalue weighted by Crippen LogP contribution is -2.18. The van der Waals surface area contributed by atoms with Gasteiger partial charge in [-0.15, -0.1) is 0 Å². The molecule has 1 heterocycles. The second-order valence-electron chi connectivity index (χ2n) is 4.60. The molecule has 1 N–H and O–H groups in total. The molecule has 106 valence electrons. The molecule has 4 nitrogen and oxygen atoms in total. The first kappa shape index (κ1) is 14.3. The van der Waals surface area contributed by atoms with Crippen molar-refractivity contribution in [2.45, 2.75) is 26.7 Å². The van der Waals surface area contributed by atoms with Crippen molar-refractivity contribution in [3.05, 3.63) is 42.6 Å². The molecule has 1 aromatic carbocycles. The number of anilines is 3. The van der Waals surface area contributed by atoms with Crippen molar-refractivity contribution in [3.63, 3.8) is 0 Å². The van der Waals surface area contributed by atoms with Crippen molar-refractivity contribution in [2.75, 3.05) is 23.3 Å². The third-order valence-electron chi connectivity index (χ3n) is 3.11. The SMILES string of the molecule is CCCCNc1nccc(N(CC)c2ccccc2)n1. The van der Waals surface area contributed by atoms with Crippen LogP contribution in [0.1, 0.15) is 26.7 Å². The van der Waals surface area contributed by atoms with Gasteiger partial charge in [0.05, 0.1) is 0 Å². The first-order valence-corrected chi connectivity index (χ1v) is 7.24. The number of nitrogens with one attached hydrogen (secondary N) is 1. The standard InChI is InChI=1S/C16H22N4/c1-3-5-12-17-16-18-13-11-15(19-16)20(4-2)14-9-7-6-8-10-14/h6-11,13H,3-5,12H2,1-2H3,(H,17,18,19). The highest BCUT2D eigenvalue weighted by molar-refractivity contribution is 5.60. The highest BCUT2D eigenvalue weighted by Crippen LogP contribution is 2.23. The van der Waals surface area contributed by atoms with Gasteiger partial charge in [-0.3, -0.25) is 0 Å². The summed E-state index contributed by atoms with van der Waals surface area (Å²) in [5.41, 5.74) is 1.15. The zero-order valence-electron chi connectivity index (χ0n) is 12.2. The average molecular weight is 270 g/mol. The molecule has 0 atom stereocenters. The number of benzene rings is 1. The summed E-state index contributed by atoms with van der Waals surface area (Å²) in [7, 11) is 0. The number of rotatable bonds is 7. The van der Waals surface area contributed by atoms with Gasteiger partial charge in [0.1, 0.15) is 5.82 Å². The molecule has 20 heavy (non-hydrogen) atoms. The number of hydrogen-bond donors (Lipinski definition) is 1. The number of hydrogen-bond acceptors (Lipinski definition) is 4. The van der Waals surface area contributed by atoms with E-state index in [2.05, 4.69) is 46.2 Å². The van der Waals surface area contributed by atoms with Crippen LogP contribution >= 0.6 is 0 Å². The van der Waals surface area contributed by atoms with Crippen molar-refractivity contribution < 1.29 is 0 Å². The Morgan fingerprint density at radius 3 is 2.60 bits per heavy atom. The molecule has 0 bridgehead atoms. The van der Waals surface area contributed by atoms with E-state index in [4.69, 9.17) is 0 Å². The molecule has 0 aliphatic rings. The number of para-hydroxylation sites is 1. The van der Waals surface area contributed by atoms with Gasteiger partial charge in [-0.25, -0.2) is 4.98 Å². The van der Waals surface area contributed by atoms with Crippen molar-refractivity contribution >= 4 is 17.5 Å². The van der Waals surface area contributed by atoms with E-state index in [0.717, 1.165) is 37.4 Å². The van der Waals surface area contributed by atoms with Gasteiger partial charge in [0.15, 0.2) is 0 Å². The Morgan fingerprint density at radius 1 is 1.10 bits per heavy atom. The zero-order valence-corrected chi connectivity index (χ0v) is 12.2. The van der Waals surface area contributed by atoms with E-state index in [0.29, 0.717) is 5.95 Å². The van der Waals surface area contributed by atoms with Gasteiger partial charge in [-0.1, -0.05) is 31.5 Å². The van der Waals surface area contributed by atoms with Crippen molar-refractivity contribution in [1.29, 1.82) is 0 Å². The zero-order chi connectivity index (χ0) is 14.2. The quantitative estimate of drug-likeness (QED) is 0.776. The lowest BCUT2D eigenvalue weighted by atomic mass is 10.3. The molecule has 0 saturated heterocycles. The van der Waals surface area contributed by atoms with Crippen LogP contribution in [-0.4, -0.2) is 23.1 Å². The Balaban J connectivity index is 2.16. The maximum Gasteiger partial charge on any atom is 0.224 e. The van der Waals surface area contributed by atoms with Crippen LogP contribution in [0.4, 0.5) is 17.5 Å². The monoisotopic (exact) mass is 270 g/mol. The van der Waals surface area contributed by atoms with Crippen LogP contribution in [0.5, 0.6) is 0 Å². The maximum atomic E-state index is 4.60. The minimum absolute atomic E-state index is 0.699. The Bertz CT molecular complexity index is 513. The van der Waals surface area contributed by atoms with Crippen molar-refractivity contribution in [2.24, 2.45) is 0 Å². The molecule has 0 aliphatic carbocycles. The molecule has 0 fully saturated rings. The van der Waals surface area contributed by atoms with Gasteiger partial charge in [0, 0.05) is 25.0 Å². The molecule has 0 amide bonds. The normalized spacial score (nSPS) is 10.3. The van der Waals surface area contributed by atoms with E-state index in [1.807, 2.05) is 30.5 Å². The lowest BCUT2D eigenvalue weighted by molar-refractivity contribution is 0.825. The molecule has 2 rings (SSSR count). The van der Waals surface area contributed by atoms with Crippen LogP contribution in [0.25, 0.3) is 0 Å². The van der Waals surface area contributed by atoms with Crippen LogP contribution in [0.2, 0.25) is 0 Å². The summed E-state index contributed by atoms with van der Waals surface area (Å²) >= 11 is 0. The second kappa shape index (κ2) is 7.48.